The molecule has 0 amide bonds. The molecule has 0 heterocycles. The van der Waals surface area contributed by atoms with Crippen molar-refractivity contribution >= 4 is 17.9 Å². The summed E-state index contributed by atoms with van der Waals surface area (Å²) in [5.41, 5.74) is 0. The SMILES string of the molecule is CC/C=C\C/C=C\C/C=C\C/C=C\C/C=C\C/C=C\CCC(=O)OCC(COC(=O)CCCCCCCCCCCCCC)OC(=O)CCCCCC/C=C\C/C=C\C/C=C\CC. The van der Waals surface area contributed by atoms with Gasteiger partial charge in [-0.15, -0.1) is 0 Å². The minimum Gasteiger partial charge on any atom is -0.462 e. The first-order valence-electron chi connectivity index (χ1n) is 25.4. The average molecular weight is 873 g/mol. The number of unbranched alkanes of at least 4 members (excludes halogenated alkanes) is 15. The maximum absolute atomic E-state index is 12.8. The Kier molecular flexibility index (Phi) is 47.5. The summed E-state index contributed by atoms with van der Waals surface area (Å²) in [4.78, 5) is 37.9. The molecule has 6 nitrogen and oxygen atoms in total. The van der Waals surface area contributed by atoms with Crippen LogP contribution < -0.4 is 0 Å². The Hall–Kier alpha value is -3.93. The number of ether oxygens (including phenoxy) is 3. The van der Waals surface area contributed by atoms with Crippen molar-refractivity contribution in [1.82, 2.24) is 0 Å². The van der Waals surface area contributed by atoms with Gasteiger partial charge in [0.15, 0.2) is 6.10 Å². The quantitative estimate of drug-likeness (QED) is 0.0263. The molecule has 0 aromatic carbocycles. The van der Waals surface area contributed by atoms with Crippen molar-refractivity contribution in [2.75, 3.05) is 13.2 Å². The van der Waals surface area contributed by atoms with E-state index >= 15 is 0 Å². The van der Waals surface area contributed by atoms with Crippen molar-refractivity contribution < 1.29 is 28.6 Å². The molecule has 6 heteroatoms. The Morgan fingerprint density at radius 1 is 0.333 bits per heavy atom. The fourth-order valence-corrected chi connectivity index (χ4v) is 6.54. The van der Waals surface area contributed by atoms with Crippen LogP contribution in [0.4, 0.5) is 0 Å². The van der Waals surface area contributed by atoms with E-state index in [0.717, 1.165) is 109 Å². The number of allylic oxidation sites excluding steroid dienone is 18. The Bertz CT molecular complexity index is 1330. The molecule has 0 rings (SSSR count). The van der Waals surface area contributed by atoms with Crippen LogP contribution >= 0.6 is 0 Å². The molecule has 0 aromatic rings. The Morgan fingerprint density at radius 2 is 0.651 bits per heavy atom. The van der Waals surface area contributed by atoms with E-state index in [9.17, 15) is 14.4 Å². The third kappa shape index (κ3) is 49.0. The van der Waals surface area contributed by atoms with Gasteiger partial charge in [-0.05, 0) is 89.9 Å². The van der Waals surface area contributed by atoms with E-state index in [2.05, 4.69) is 118 Å². The first kappa shape index (κ1) is 59.1. The van der Waals surface area contributed by atoms with Crippen LogP contribution in [0.15, 0.2) is 109 Å². The molecule has 63 heavy (non-hydrogen) atoms. The first-order chi connectivity index (χ1) is 31.0. The van der Waals surface area contributed by atoms with Gasteiger partial charge in [0, 0.05) is 19.3 Å². The number of carbonyl (C=O) groups is 3. The molecule has 356 valence electrons. The van der Waals surface area contributed by atoms with Crippen molar-refractivity contribution in [3.05, 3.63) is 109 Å². The number of hydrogen-bond acceptors (Lipinski definition) is 6. The molecular weight excluding hydrogens is 781 g/mol. The van der Waals surface area contributed by atoms with Crippen molar-refractivity contribution in [1.29, 1.82) is 0 Å². The second-order valence-electron chi connectivity index (χ2n) is 16.3. The van der Waals surface area contributed by atoms with Gasteiger partial charge in [-0.1, -0.05) is 214 Å². The number of rotatable bonds is 44. The van der Waals surface area contributed by atoms with E-state index in [1.165, 1.54) is 57.8 Å². The maximum atomic E-state index is 12.8. The lowest BCUT2D eigenvalue weighted by atomic mass is 10.0. The van der Waals surface area contributed by atoms with Crippen molar-refractivity contribution in [2.24, 2.45) is 0 Å². The molecule has 0 bridgehead atoms. The predicted octanol–water partition coefficient (Wildman–Crippen LogP) is 16.8. The monoisotopic (exact) mass is 873 g/mol. The molecule has 0 saturated carbocycles. The van der Waals surface area contributed by atoms with Crippen LogP contribution in [0.3, 0.4) is 0 Å². The number of esters is 3. The summed E-state index contributed by atoms with van der Waals surface area (Å²) in [7, 11) is 0. The smallest absolute Gasteiger partial charge is 0.306 e. The van der Waals surface area contributed by atoms with E-state index in [0.29, 0.717) is 12.8 Å². The predicted molar refractivity (Wildman–Crippen MR) is 270 cm³/mol. The van der Waals surface area contributed by atoms with E-state index < -0.39 is 6.10 Å². The van der Waals surface area contributed by atoms with Crippen LogP contribution in [-0.2, 0) is 28.6 Å². The molecule has 0 aliphatic heterocycles. The highest BCUT2D eigenvalue weighted by molar-refractivity contribution is 5.71. The minimum atomic E-state index is -0.819. The third-order valence-electron chi connectivity index (χ3n) is 10.3. The normalized spacial score (nSPS) is 13.0. The fraction of sp³-hybridized carbons (Fsp3) is 0.632. The largest absolute Gasteiger partial charge is 0.462 e. The lowest BCUT2D eigenvalue weighted by Crippen LogP contribution is -2.30. The lowest BCUT2D eigenvalue weighted by molar-refractivity contribution is -0.166. The van der Waals surface area contributed by atoms with Crippen LogP contribution in [0.1, 0.15) is 213 Å². The van der Waals surface area contributed by atoms with Gasteiger partial charge in [0.1, 0.15) is 13.2 Å². The molecule has 0 aliphatic rings. The molecule has 1 unspecified atom stereocenters. The second kappa shape index (κ2) is 50.7. The molecule has 0 aliphatic carbocycles. The zero-order chi connectivity index (χ0) is 45.8. The van der Waals surface area contributed by atoms with Gasteiger partial charge in [0.25, 0.3) is 0 Å². The highest BCUT2D eigenvalue weighted by Gasteiger charge is 2.19. The highest BCUT2D eigenvalue weighted by atomic mass is 16.6. The summed E-state index contributed by atoms with van der Waals surface area (Å²) in [5, 5.41) is 0. The van der Waals surface area contributed by atoms with Crippen LogP contribution in [0.25, 0.3) is 0 Å². The molecule has 1 atom stereocenters. The van der Waals surface area contributed by atoms with Crippen LogP contribution in [0.5, 0.6) is 0 Å². The van der Waals surface area contributed by atoms with E-state index in [4.69, 9.17) is 14.2 Å². The van der Waals surface area contributed by atoms with Crippen LogP contribution in [0, 0.1) is 0 Å². The Labute approximate surface area is 387 Å². The molecule has 0 radical (unpaired) electrons. The zero-order valence-corrected chi connectivity index (χ0v) is 40.5. The average Bonchev–Trinajstić information content (AvgIpc) is 3.28. The molecular formula is C57H92O6. The summed E-state index contributed by atoms with van der Waals surface area (Å²) in [6.07, 6.45) is 68.0. The molecule has 0 N–H and O–H groups in total. The summed E-state index contributed by atoms with van der Waals surface area (Å²) in [6, 6.07) is 0. The standard InChI is InChI=1S/C57H92O6/c1-4-7-10-13-16-19-22-25-27-28-29-30-31-33-35-38-41-44-47-50-56(59)62-53-54(52-61-55(58)49-46-43-40-37-34-24-21-18-15-12-9-6-3)63-57(60)51-48-45-42-39-36-32-26-23-20-17-14-11-8-5-2/h7-8,10-11,16-17,19-20,25-27,29-30,32-33,35,41,44,54H,4-6,9,12-15,18,21-24,28,31,34,36-40,42-43,45-53H2,1-3H3/b10-7-,11-8-,19-16-,20-17-,27-25-,30-29-,32-26-,35-33-,44-41-. The second-order valence-corrected chi connectivity index (χ2v) is 16.3. The van der Waals surface area contributed by atoms with E-state index in [1.54, 1.807) is 0 Å². The fourth-order valence-electron chi connectivity index (χ4n) is 6.54. The van der Waals surface area contributed by atoms with Gasteiger partial charge in [0.05, 0.1) is 0 Å². The Balaban J connectivity index is 4.54. The molecule has 0 aromatic heterocycles. The van der Waals surface area contributed by atoms with E-state index in [1.807, 2.05) is 12.2 Å². The van der Waals surface area contributed by atoms with Crippen molar-refractivity contribution in [3.63, 3.8) is 0 Å². The lowest BCUT2D eigenvalue weighted by Gasteiger charge is -2.18. The van der Waals surface area contributed by atoms with Gasteiger partial charge < -0.3 is 14.2 Å². The summed E-state index contributed by atoms with van der Waals surface area (Å²) < 4.78 is 16.7. The van der Waals surface area contributed by atoms with Crippen molar-refractivity contribution in [3.8, 4) is 0 Å². The van der Waals surface area contributed by atoms with Gasteiger partial charge in [-0.2, -0.15) is 0 Å². The van der Waals surface area contributed by atoms with Crippen molar-refractivity contribution in [2.45, 2.75) is 219 Å². The van der Waals surface area contributed by atoms with Gasteiger partial charge in [-0.3, -0.25) is 14.4 Å². The maximum Gasteiger partial charge on any atom is 0.306 e. The zero-order valence-electron chi connectivity index (χ0n) is 40.5. The summed E-state index contributed by atoms with van der Waals surface area (Å²) in [6.45, 7) is 6.31. The Morgan fingerprint density at radius 3 is 1.06 bits per heavy atom. The number of hydrogen-bond donors (Lipinski definition) is 0. The third-order valence-corrected chi connectivity index (χ3v) is 10.3. The van der Waals surface area contributed by atoms with Gasteiger partial charge in [-0.25, -0.2) is 0 Å². The number of carbonyl (C=O) groups excluding carboxylic acids is 3. The van der Waals surface area contributed by atoms with Gasteiger partial charge in [0.2, 0.25) is 0 Å². The summed E-state index contributed by atoms with van der Waals surface area (Å²) >= 11 is 0. The summed E-state index contributed by atoms with van der Waals surface area (Å²) in [5.74, 6) is -1.03. The van der Waals surface area contributed by atoms with Crippen LogP contribution in [0.2, 0.25) is 0 Å². The molecule has 0 spiro atoms. The van der Waals surface area contributed by atoms with Crippen LogP contribution in [-0.4, -0.2) is 37.2 Å². The topological polar surface area (TPSA) is 78.9 Å². The highest BCUT2D eigenvalue weighted by Crippen LogP contribution is 2.14. The molecule has 0 saturated heterocycles. The first-order valence-corrected chi connectivity index (χ1v) is 25.4. The molecule has 0 fully saturated rings. The van der Waals surface area contributed by atoms with Gasteiger partial charge >= 0.3 is 17.9 Å². The minimum absolute atomic E-state index is 0.111. The van der Waals surface area contributed by atoms with E-state index in [-0.39, 0.29) is 44.0 Å².